The first kappa shape index (κ1) is 19.2. The van der Waals surface area contributed by atoms with Gasteiger partial charge in [0.1, 0.15) is 12.6 Å². The number of carboxylic acids is 1. The van der Waals surface area contributed by atoms with Gasteiger partial charge in [0.15, 0.2) is 0 Å². The van der Waals surface area contributed by atoms with E-state index in [0.717, 1.165) is 0 Å². The summed E-state index contributed by atoms with van der Waals surface area (Å²) in [5, 5.41) is 19.1. The molecule has 0 heterocycles. The molecule has 0 saturated carbocycles. The Morgan fingerprint density at radius 2 is 1.85 bits per heavy atom. The SMILES string of the molecule is C[N+](C)(C)CC(O)CC(=O)[O-].[SeH2].[Zn]. The van der Waals surface area contributed by atoms with Crippen LogP contribution < -0.4 is 5.11 Å². The van der Waals surface area contributed by atoms with Gasteiger partial charge in [-0.05, 0) is 0 Å². The fraction of sp³-hybridized carbons (Fsp3) is 0.857. The summed E-state index contributed by atoms with van der Waals surface area (Å²) in [6, 6.07) is 0. The van der Waals surface area contributed by atoms with Gasteiger partial charge in [-0.25, -0.2) is 0 Å². The Hall–Kier alpha value is 0.533. The molecule has 0 aromatic rings. The summed E-state index contributed by atoms with van der Waals surface area (Å²) in [6.45, 7) is 0.425. The van der Waals surface area contributed by atoms with Gasteiger partial charge in [0.2, 0.25) is 0 Å². The number of rotatable bonds is 4. The third-order valence-electron chi connectivity index (χ3n) is 1.16. The molecular weight excluding hydrogens is 290 g/mol. The van der Waals surface area contributed by atoms with Crippen LogP contribution in [0.25, 0.3) is 0 Å². The predicted octanol–water partition coefficient (Wildman–Crippen LogP) is -2.73. The zero-order chi connectivity index (χ0) is 9.07. The van der Waals surface area contributed by atoms with Crippen molar-refractivity contribution in [1.29, 1.82) is 0 Å². The summed E-state index contributed by atoms with van der Waals surface area (Å²) in [5.41, 5.74) is 0. The van der Waals surface area contributed by atoms with Gasteiger partial charge in [0, 0.05) is 31.9 Å². The van der Waals surface area contributed by atoms with E-state index in [-0.39, 0.29) is 43.0 Å². The zero-order valence-corrected chi connectivity index (χ0v) is 13.5. The molecular formula is C7H17NO3SeZn. The minimum absolute atomic E-state index is 0. The van der Waals surface area contributed by atoms with E-state index in [0.29, 0.717) is 11.0 Å². The van der Waals surface area contributed by atoms with Gasteiger partial charge in [0.25, 0.3) is 0 Å². The Balaban J connectivity index is -0.000000500. The molecule has 0 aromatic heterocycles. The van der Waals surface area contributed by atoms with E-state index in [4.69, 9.17) is 5.11 Å². The number of carbonyl (C=O) groups is 1. The van der Waals surface area contributed by atoms with Crippen LogP contribution in [0.15, 0.2) is 0 Å². The van der Waals surface area contributed by atoms with Crippen molar-refractivity contribution in [2.45, 2.75) is 12.5 Å². The van der Waals surface area contributed by atoms with Gasteiger partial charge < -0.3 is 19.5 Å². The van der Waals surface area contributed by atoms with E-state index >= 15 is 0 Å². The van der Waals surface area contributed by atoms with Crippen LogP contribution in [0.2, 0.25) is 0 Å². The Labute approximate surface area is 102 Å². The summed E-state index contributed by atoms with van der Waals surface area (Å²) in [7, 11) is 5.66. The van der Waals surface area contributed by atoms with E-state index in [1.54, 1.807) is 0 Å². The third-order valence-corrected chi connectivity index (χ3v) is 1.16. The van der Waals surface area contributed by atoms with E-state index in [9.17, 15) is 9.90 Å². The second kappa shape index (κ2) is 7.89. The number of carbonyl (C=O) groups excluding carboxylic acids is 1. The molecule has 0 aromatic carbocycles. The van der Waals surface area contributed by atoms with Crippen molar-refractivity contribution < 1.29 is 39.0 Å². The van der Waals surface area contributed by atoms with Crippen molar-refractivity contribution in [2.75, 3.05) is 27.7 Å². The third kappa shape index (κ3) is 15.3. The Morgan fingerprint density at radius 3 is 2.08 bits per heavy atom. The number of aliphatic hydroxyl groups is 1. The van der Waals surface area contributed by atoms with Crippen LogP contribution in [0.4, 0.5) is 0 Å². The molecule has 1 unspecified atom stereocenters. The van der Waals surface area contributed by atoms with Gasteiger partial charge in [-0.1, -0.05) is 0 Å². The molecule has 76 valence electrons. The summed E-state index contributed by atoms with van der Waals surface area (Å²) in [4.78, 5) is 10.0. The molecule has 13 heavy (non-hydrogen) atoms. The summed E-state index contributed by atoms with van der Waals surface area (Å²) in [5.74, 6) is -1.20. The van der Waals surface area contributed by atoms with Crippen molar-refractivity contribution in [1.82, 2.24) is 0 Å². The van der Waals surface area contributed by atoms with Crippen LogP contribution in [-0.2, 0) is 24.3 Å². The molecule has 0 aliphatic rings. The number of aliphatic hydroxyl groups excluding tert-OH is 1. The van der Waals surface area contributed by atoms with Crippen molar-refractivity contribution in [3.05, 3.63) is 0 Å². The first-order valence-corrected chi connectivity index (χ1v) is 3.49. The van der Waals surface area contributed by atoms with Gasteiger partial charge >= 0.3 is 17.1 Å². The number of quaternary nitrogens is 1. The van der Waals surface area contributed by atoms with Crippen molar-refractivity contribution in [2.24, 2.45) is 0 Å². The quantitative estimate of drug-likeness (QED) is 0.453. The zero-order valence-electron chi connectivity index (χ0n) is 8.41. The van der Waals surface area contributed by atoms with Crippen molar-refractivity contribution in [3.8, 4) is 0 Å². The van der Waals surface area contributed by atoms with Crippen molar-refractivity contribution >= 4 is 23.0 Å². The number of likely N-dealkylation sites (N-methyl/N-ethyl adjacent to an activating group) is 1. The van der Waals surface area contributed by atoms with E-state index in [2.05, 4.69) is 0 Å². The van der Waals surface area contributed by atoms with Gasteiger partial charge in [-0.3, -0.25) is 0 Å². The van der Waals surface area contributed by atoms with Crippen LogP contribution in [0.1, 0.15) is 6.42 Å². The topological polar surface area (TPSA) is 60.4 Å². The maximum Gasteiger partial charge on any atom is 0 e. The van der Waals surface area contributed by atoms with E-state index < -0.39 is 12.1 Å². The predicted molar refractivity (Wildman–Crippen MR) is 47.1 cm³/mol. The molecule has 0 saturated heterocycles. The molecule has 0 radical (unpaired) electrons. The molecule has 0 aliphatic heterocycles. The normalized spacial score (nSPS) is 12.3. The molecule has 0 spiro atoms. The molecule has 1 N–H and O–H groups in total. The maximum atomic E-state index is 10.0. The molecule has 0 fully saturated rings. The van der Waals surface area contributed by atoms with Gasteiger partial charge in [-0.2, -0.15) is 0 Å². The van der Waals surface area contributed by atoms with E-state index in [1.807, 2.05) is 21.1 Å². The number of hydrogen-bond acceptors (Lipinski definition) is 3. The Morgan fingerprint density at radius 1 is 1.46 bits per heavy atom. The average molecular weight is 308 g/mol. The van der Waals surface area contributed by atoms with Crippen LogP contribution in [0, 0.1) is 0 Å². The van der Waals surface area contributed by atoms with Crippen LogP contribution in [0.5, 0.6) is 0 Å². The van der Waals surface area contributed by atoms with Crippen LogP contribution in [0.3, 0.4) is 0 Å². The molecule has 4 nitrogen and oxygen atoms in total. The number of hydrogen-bond donors (Lipinski definition) is 1. The molecule has 1 atom stereocenters. The first-order valence-electron chi connectivity index (χ1n) is 3.49. The molecule has 0 rings (SSSR count). The fourth-order valence-corrected chi connectivity index (χ4v) is 0.889. The molecule has 0 aliphatic carbocycles. The maximum absolute atomic E-state index is 10.0. The number of carboxylic acid groups (broad SMARTS) is 1. The van der Waals surface area contributed by atoms with Crippen LogP contribution >= 0.6 is 0 Å². The van der Waals surface area contributed by atoms with Crippen molar-refractivity contribution in [3.63, 3.8) is 0 Å². The molecule has 0 amide bonds. The monoisotopic (exact) mass is 307 g/mol. The second-order valence-electron chi connectivity index (χ2n) is 3.70. The smallest absolute Gasteiger partial charge is 0 e. The minimum atomic E-state index is -1.20. The Kier molecular flexibility index (Phi) is 11.6. The molecule has 0 bridgehead atoms. The summed E-state index contributed by atoms with van der Waals surface area (Å²) in [6.07, 6.45) is -1.09. The van der Waals surface area contributed by atoms with E-state index in [1.165, 1.54) is 0 Å². The van der Waals surface area contributed by atoms with Gasteiger partial charge in [0.05, 0.1) is 21.1 Å². The van der Waals surface area contributed by atoms with Crippen LogP contribution in [-0.4, -0.2) is 66.4 Å². The largest absolute Gasteiger partial charge is 0 e. The fourth-order valence-electron chi connectivity index (χ4n) is 0.889. The minimum Gasteiger partial charge on any atom is 0 e. The Bertz CT molecular complexity index is 149. The number of nitrogens with zero attached hydrogens (tertiary/aromatic N) is 1. The number of aliphatic carboxylic acids is 1. The second-order valence-corrected chi connectivity index (χ2v) is 3.70. The average Bonchev–Trinajstić information content (AvgIpc) is 1.53. The summed E-state index contributed by atoms with van der Waals surface area (Å²) < 4.78 is 0.550. The first-order chi connectivity index (χ1) is 4.81. The molecule has 6 heteroatoms. The summed E-state index contributed by atoms with van der Waals surface area (Å²) >= 11 is 0. The standard InChI is InChI=1S/C7H15NO3.H2Se.Zn/c1-8(2,3)5-6(9)4-7(10)11;;/h6,9H,4-5H2,1-3H3;1H2;. The van der Waals surface area contributed by atoms with Gasteiger partial charge in [-0.15, -0.1) is 0 Å².